The number of likely N-dealkylation sites (tertiary alicyclic amines) is 2. The Morgan fingerprint density at radius 1 is 0.970 bits per heavy atom. The van der Waals surface area contributed by atoms with Crippen molar-refractivity contribution in [2.75, 3.05) is 31.1 Å². The maximum atomic E-state index is 11.5. The van der Waals surface area contributed by atoms with Gasteiger partial charge in [0, 0.05) is 55.7 Å². The first-order valence-electron chi connectivity index (χ1n) is 12.6. The van der Waals surface area contributed by atoms with Crippen LogP contribution in [0.4, 0.5) is 5.95 Å². The van der Waals surface area contributed by atoms with Crippen LogP contribution in [0.2, 0.25) is 0 Å². The lowest BCUT2D eigenvalue weighted by atomic mass is 9.91. The molecule has 6 heteroatoms. The molecule has 1 aromatic heterocycles. The van der Waals surface area contributed by atoms with Gasteiger partial charge in [0.15, 0.2) is 5.78 Å². The molecule has 2 aromatic rings. The van der Waals surface area contributed by atoms with Crippen LogP contribution in [0, 0.1) is 0 Å². The molecule has 3 aliphatic rings. The van der Waals surface area contributed by atoms with Gasteiger partial charge in [-0.05, 0) is 76.6 Å². The summed E-state index contributed by atoms with van der Waals surface area (Å²) in [7, 11) is 0. The summed E-state index contributed by atoms with van der Waals surface area (Å²) < 4.78 is 0. The van der Waals surface area contributed by atoms with Crippen LogP contribution in [0.3, 0.4) is 0 Å². The number of hydrogen-bond acceptors (Lipinski definition) is 6. The molecule has 3 aliphatic heterocycles. The van der Waals surface area contributed by atoms with E-state index < -0.39 is 0 Å². The molecule has 3 fully saturated rings. The van der Waals surface area contributed by atoms with E-state index in [4.69, 9.17) is 9.97 Å². The lowest BCUT2D eigenvalue weighted by molar-refractivity contribution is 0.101. The van der Waals surface area contributed by atoms with E-state index >= 15 is 0 Å². The predicted octanol–water partition coefficient (Wildman–Crippen LogP) is 4.12. The van der Waals surface area contributed by atoms with Gasteiger partial charge in [0.1, 0.15) is 0 Å². The SMILES string of the molecule is CC(=O)c1ccc(CN2CCC(c3cnc(N4C5CCC4CN(C(C)C)C5)nc3)CC2)cc1. The third kappa shape index (κ3) is 4.82. The number of aromatic nitrogens is 2. The Labute approximate surface area is 198 Å². The van der Waals surface area contributed by atoms with Crippen molar-refractivity contribution in [3.05, 3.63) is 53.3 Å². The van der Waals surface area contributed by atoms with Crippen LogP contribution in [-0.2, 0) is 6.54 Å². The van der Waals surface area contributed by atoms with E-state index in [2.05, 4.69) is 53.1 Å². The van der Waals surface area contributed by atoms with Gasteiger partial charge in [0.05, 0.1) is 0 Å². The first-order valence-corrected chi connectivity index (χ1v) is 12.6. The van der Waals surface area contributed by atoms with Crippen molar-refractivity contribution in [2.24, 2.45) is 0 Å². The summed E-state index contributed by atoms with van der Waals surface area (Å²) in [5.41, 5.74) is 3.35. The minimum absolute atomic E-state index is 0.126. The van der Waals surface area contributed by atoms with Gasteiger partial charge < -0.3 is 4.90 Å². The standard InChI is InChI=1S/C27H37N5O/c1-19(2)31-17-25-8-9-26(18-31)32(25)27-28-14-24(15-29-27)23-10-12-30(13-11-23)16-21-4-6-22(7-5-21)20(3)33/h4-7,14-15,19,23,25-26H,8-13,16-18H2,1-3H3. The second kappa shape index (κ2) is 9.51. The highest BCUT2D eigenvalue weighted by atomic mass is 16.1. The van der Waals surface area contributed by atoms with E-state index in [-0.39, 0.29) is 5.78 Å². The summed E-state index contributed by atoms with van der Waals surface area (Å²) in [6.07, 6.45) is 9.00. The molecule has 0 N–H and O–H groups in total. The smallest absolute Gasteiger partial charge is 0.225 e. The zero-order valence-corrected chi connectivity index (χ0v) is 20.3. The van der Waals surface area contributed by atoms with Gasteiger partial charge in [0.25, 0.3) is 0 Å². The van der Waals surface area contributed by atoms with E-state index in [0.29, 0.717) is 24.0 Å². The largest absolute Gasteiger partial charge is 0.332 e. The number of carbonyl (C=O) groups excluding carboxylic acids is 1. The number of rotatable bonds is 6. The summed E-state index contributed by atoms with van der Waals surface area (Å²) in [4.78, 5) is 28.8. The number of piperidine rings is 1. The first-order chi connectivity index (χ1) is 16.0. The Morgan fingerprint density at radius 2 is 1.58 bits per heavy atom. The summed E-state index contributed by atoms with van der Waals surface area (Å²) in [6.45, 7) is 11.6. The molecule has 2 atom stereocenters. The molecule has 6 nitrogen and oxygen atoms in total. The zero-order chi connectivity index (χ0) is 22.9. The topological polar surface area (TPSA) is 52.6 Å². The summed E-state index contributed by atoms with van der Waals surface area (Å²) in [6, 6.07) is 9.79. The van der Waals surface area contributed by atoms with E-state index in [9.17, 15) is 4.79 Å². The average Bonchev–Trinajstić information content (AvgIpc) is 3.08. The number of piperazine rings is 1. The van der Waals surface area contributed by atoms with Crippen molar-refractivity contribution in [3.63, 3.8) is 0 Å². The van der Waals surface area contributed by atoms with Crippen LogP contribution >= 0.6 is 0 Å². The second-order valence-electron chi connectivity index (χ2n) is 10.5. The molecule has 176 valence electrons. The van der Waals surface area contributed by atoms with Crippen molar-refractivity contribution >= 4 is 11.7 Å². The highest BCUT2D eigenvalue weighted by molar-refractivity contribution is 5.94. The molecule has 0 amide bonds. The van der Waals surface area contributed by atoms with Crippen molar-refractivity contribution < 1.29 is 4.79 Å². The second-order valence-corrected chi connectivity index (χ2v) is 10.5. The molecule has 5 rings (SSSR count). The monoisotopic (exact) mass is 447 g/mol. The Kier molecular flexibility index (Phi) is 6.48. The normalized spacial score (nSPS) is 24.5. The lowest BCUT2D eigenvalue weighted by Gasteiger charge is -2.42. The number of benzene rings is 1. The van der Waals surface area contributed by atoms with Crippen LogP contribution < -0.4 is 4.90 Å². The van der Waals surface area contributed by atoms with Crippen LogP contribution in [0.1, 0.15) is 73.9 Å². The third-order valence-electron chi connectivity index (χ3n) is 7.96. The Hall–Kier alpha value is -2.31. The Balaban J connectivity index is 1.16. The number of carbonyl (C=O) groups is 1. The third-order valence-corrected chi connectivity index (χ3v) is 7.96. The maximum absolute atomic E-state index is 11.5. The summed E-state index contributed by atoms with van der Waals surface area (Å²) >= 11 is 0. The van der Waals surface area contributed by atoms with Gasteiger partial charge in [0.2, 0.25) is 5.95 Å². The first kappa shape index (κ1) is 22.5. The molecule has 4 heterocycles. The Morgan fingerprint density at radius 3 is 2.12 bits per heavy atom. The van der Waals surface area contributed by atoms with Gasteiger partial charge in [-0.2, -0.15) is 0 Å². The summed E-state index contributed by atoms with van der Waals surface area (Å²) in [5, 5.41) is 0. The van der Waals surface area contributed by atoms with E-state index in [1.165, 1.54) is 24.0 Å². The van der Waals surface area contributed by atoms with Gasteiger partial charge in [-0.15, -0.1) is 0 Å². The Bertz CT molecular complexity index is 935. The van der Waals surface area contributed by atoms with Crippen LogP contribution in [0.25, 0.3) is 0 Å². The van der Waals surface area contributed by atoms with Crippen LogP contribution in [-0.4, -0.2) is 69.9 Å². The molecule has 0 spiro atoms. The predicted molar refractivity (Wildman–Crippen MR) is 132 cm³/mol. The van der Waals surface area contributed by atoms with E-state index in [1.807, 2.05) is 12.1 Å². The molecule has 3 saturated heterocycles. The van der Waals surface area contributed by atoms with Crippen molar-refractivity contribution in [2.45, 2.75) is 77.0 Å². The molecule has 33 heavy (non-hydrogen) atoms. The fraction of sp³-hybridized carbons (Fsp3) is 0.593. The number of hydrogen-bond donors (Lipinski definition) is 0. The zero-order valence-electron chi connectivity index (χ0n) is 20.3. The molecular formula is C27H37N5O. The van der Waals surface area contributed by atoms with Crippen LogP contribution in [0.5, 0.6) is 0 Å². The molecule has 1 aromatic carbocycles. The number of Topliss-reactive ketones (excluding diaryl/α,β-unsaturated/α-hetero) is 1. The lowest BCUT2D eigenvalue weighted by Crippen LogP contribution is -2.56. The molecule has 0 saturated carbocycles. The summed E-state index contributed by atoms with van der Waals surface area (Å²) in [5.74, 6) is 1.60. The highest BCUT2D eigenvalue weighted by Gasteiger charge is 2.41. The van der Waals surface area contributed by atoms with Crippen LogP contribution in [0.15, 0.2) is 36.7 Å². The number of anilines is 1. The van der Waals surface area contributed by atoms with Crippen molar-refractivity contribution in [1.29, 1.82) is 0 Å². The fourth-order valence-electron chi connectivity index (χ4n) is 5.89. The molecule has 2 bridgehead atoms. The highest BCUT2D eigenvalue weighted by Crippen LogP contribution is 2.34. The number of nitrogens with zero attached hydrogens (tertiary/aromatic N) is 5. The quantitative estimate of drug-likeness (QED) is 0.621. The van der Waals surface area contributed by atoms with E-state index in [1.54, 1.807) is 6.92 Å². The number of ketones is 1. The van der Waals surface area contributed by atoms with Gasteiger partial charge >= 0.3 is 0 Å². The van der Waals surface area contributed by atoms with Crippen molar-refractivity contribution in [1.82, 2.24) is 19.8 Å². The fourth-order valence-corrected chi connectivity index (χ4v) is 5.89. The maximum Gasteiger partial charge on any atom is 0.225 e. The molecular weight excluding hydrogens is 410 g/mol. The van der Waals surface area contributed by atoms with Gasteiger partial charge in [-0.3, -0.25) is 14.6 Å². The number of fused-ring (bicyclic) bond motifs is 2. The van der Waals surface area contributed by atoms with E-state index in [0.717, 1.165) is 57.1 Å². The van der Waals surface area contributed by atoms with Gasteiger partial charge in [-0.25, -0.2) is 9.97 Å². The minimum atomic E-state index is 0.126. The molecule has 2 unspecified atom stereocenters. The van der Waals surface area contributed by atoms with Crippen molar-refractivity contribution in [3.8, 4) is 0 Å². The average molecular weight is 448 g/mol. The van der Waals surface area contributed by atoms with Gasteiger partial charge in [-0.1, -0.05) is 24.3 Å². The minimum Gasteiger partial charge on any atom is -0.332 e. The molecule has 0 radical (unpaired) electrons. The molecule has 0 aliphatic carbocycles.